The van der Waals surface area contributed by atoms with Gasteiger partial charge in [0.1, 0.15) is 0 Å². The fourth-order valence-corrected chi connectivity index (χ4v) is 2.19. The van der Waals surface area contributed by atoms with Crippen molar-refractivity contribution in [2.75, 3.05) is 6.61 Å². The zero-order valence-corrected chi connectivity index (χ0v) is 12.7. The molecule has 21 heavy (non-hydrogen) atoms. The predicted molar refractivity (Wildman–Crippen MR) is 85.7 cm³/mol. The van der Waals surface area contributed by atoms with Gasteiger partial charge in [-0.15, -0.1) is 0 Å². The molecule has 2 aromatic rings. The topological polar surface area (TPSA) is 38.7 Å². The van der Waals surface area contributed by atoms with Crippen LogP contribution in [0.4, 0.5) is 5.69 Å². The number of hydrogen-bond donors (Lipinski definition) is 0. The third-order valence-electron chi connectivity index (χ3n) is 2.90. The Labute approximate surface area is 129 Å². The second-order valence-corrected chi connectivity index (χ2v) is 4.80. The maximum absolute atomic E-state index is 12.6. The summed E-state index contributed by atoms with van der Waals surface area (Å²) in [5.41, 5.74) is 1.55. The van der Waals surface area contributed by atoms with Crippen LogP contribution in [0.25, 0.3) is 0 Å². The highest BCUT2D eigenvalue weighted by atomic mass is 35.5. The summed E-state index contributed by atoms with van der Waals surface area (Å²) in [4.78, 5) is 17.0. The van der Waals surface area contributed by atoms with E-state index in [0.717, 1.165) is 0 Å². The molecular weight excluding hydrogens is 286 g/mol. The highest BCUT2D eigenvalue weighted by Gasteiger charge is 2.15. The van der Waals surface area contributed by atoms with Gasteiger partial charge in [0.2, 0.25) is 0 Å². The minimum absolute atomic E-state index is 0.149. The molecule has 0 aliphatic heterocycles. The Hall–Kier alpha value is -2.13. The van der Waals surface area contributed by atoms with E-state index in [1.807, 2.05) is 13.0 Å². The summed E-state index contributed by atoms with van der Waals surface area (Å²) < 4.78 is 5.32. The first kappa shape index (κ1) is 15.3. The lowest BCUT2D eigenvalue weighted by molar-refractivity contribution is 0.103. The first-order chi connectivity index (χ1) is 10.1. The Balaban J connectivity index is 2.43. The number of ether oxygens (including phenoxy) is 1. The van der Waals surface area contributed by atoms with Crippen molar-refractivity contribution >= 4 is 29.0 Å². The average Bonchev–Trinajstić information content (AvgIpc) is 2.48. The molecule has 2 aromatic carbocycles. The molecule has 3 nitrogen and oxygen atoms in total. The molecule has 0 N–H and O–H groups in total. The van der Waals surface area contributed by atoms with Crippen LogP contribution in [0.2, 0.25) is 5.02 Å². The van der Waals surface area contributed by atoms with Crippen LogP contribution in [0, 0.1) is 0 Å². The molecule has 4 heteroatoms. The third kappa shape index (κ3) is 3.70. The van der Waals surface area contributed by atoms with E-state index in [0.29, 0.717) is 34.3 Å². The number of ketones is 1. The quantitative estimate of drug-likeness (QED) is 0.468. The van der Waals surface area contributed by atoms with Crippen LogP contribution >= 0.6 is 11.6 Å². The van der Waals surface area contributed by atoms with Gasteiger partial charge in [-0.25, -0.2) is 4.99 Å². The van der Waals surface area contributed by atoms with Gasteiger partial charge in [0.05, 0.1) is 17.3 Å². The summed E-state index contributed by atoms with van der Waals surface area (Å²) in [5.74, 6) is 0.376. The van der Waals surface area contributed by atoms with E-state index >= 15 is 0 Å². The lowest BCUT2D eigenvalue weighted by atomic mass is 10.0. The van der Waals surface area contributed by atoms with Gasteiger partial charge in [-0.1, -0.05) is 35.9 Å². The van der Waals surface area contributed by atoms with Crippen LogP contribution in [-0.2, 0) is 4.74 Å². The smallest absolute Gasteiger partial charge is 0.196 e. The SMILES string of the molecule is CCOC(C)=Nc1ccccc1C(=O)c1ccccc1Cl. The van der Waals surface area contributed by atoms with Crippen LogP contribution in [0.1, 0.15) is 29.8 Å². The molecule has 0 bridgehead atoms. The van der Waals surface area contributed by atoms with Crippen LogP contribution in [0.3, 0.4) is 0 Å². The molecule has 0 fully saturated rings. The number of carbonyl (C=O) groups excluding carboxylic acids is 1. The number of benzene rings is 2. The summed E-state index contributed by atoms with van der Waals surface area (Å²) in [6.45, 7) is 4.19. The van der Waals surface area contributed by atoms with E-state index in [1.165, 1.54) is 0 Å². The van der Waals surface area contributed by atoms with Crippen molar-refractivity contribution < 1.29 is 9.53 Å². The zero-order chi connectivity index (χ0) is 15.2. The van der Waals surface area contributed by atoms with Gasteiger partial charge in [-0.05, 0) is 31.2 Å². The molecule has 0 unspecified atom stereocenters. The zero-order valence-electron chi connectivity index (χ0n) is 12.0. The molecule has 0 saturated carbocycles. The minimum atomic E-state index is -0.149. The largest absolute Gasteiger partial charge is 0.481 e. The van der Waals surface area contributed by atoms with Crippen LogP contribution in [-0.4, -0.2) is 18.3 Å². The average molecular weight is 302 g/mol. The first-order valence-electron chi connectivity index (χ1n) is 6.69. The molecule has 2 rings (SSSR count). The number of nitrogens with zero attached hydrogens (tertiary/aromatic N) is 1. The van der Waals surface area contributed by atoms with Crippen molar-refractivity contribution in [2.45, 2.75) is 13.8 Å². The van der Waals surface area contributed by atoms with Crippen molar-refractivity contribution in [3.05, 3.63) is 64.7 Å². The molecule has 108 valence electrons. The van der Waals surface area contributed by atoms with E-state index in [2.05, 4.69) is 4.99 Å². The Morgan fingerprint density at radius 1 is 1.10 bits per heavy atom. The maximum Gasteiger partial charge on any atom is 0.196 e. The van der Waals surface area contributed by atoms with Gasteiger partial charge < -0.3 is 4.74 Å². The molecule has 0 aromatic heterocycles. The minimum Gasteiger partial charge on any atom is -0.481 e. The number of aliphatic imine (C=N–C) groups is 1. The standard InChI is InChI=1S/C17H16ClNO2/c1-3-21-12(2)19-16-11-7-5-9-14(16)17(20)13-8-4-6-10-15(13)18/h4-11H,3H2,1-2H3. The Morgan fingerprint density at radius 2 is 1.71 bits per heavy atom. The van der Waals surface area contributed by atoms with E-state index in [1.54, 1.807) is 49.4 Å². The second kappa shape index (κ2) is 7.04. The Morgan fingerprint density at radius 3 is 2.38 bits per heavy atom. The maximum atomic E-state index is 12.6. The van der Waals surface area contributed by atoms with Crippen molar-refractivity contribution in [1.82, 2.24) is 0 Å². The van der Waals surface area contributed by atoms with Crippen molar-refractivity contribution in [3.8, 4) is 0 Å². The van der Waals surface area contributed by atoms with Gasteiger partial charge in [-0.3, -0.25) is 4.79 Å². The third-order valence-corrected chi connectivity index (χ3v) is 3.23. The highest BCUT2D eigenvalue weighted by molar-refractivity contribution is 6.35. The lowest BCUT2D eigenvalue weighted by Gasteiger charge is -2.08. The number of para-hydroxylation sites is 1. The first-order valence-corrected chi connectivity index (χ1v) is 7.07. The Kier molecular flexibility index (Phi) is 5.12. The van der Waals surface area contributed by atoms with E-state index in [9.17, 15) is 4.79 Å². The number of halogens is 1. The van der Waals surface area contributed by atoms with Crippen LogP contribution in [0.5, 0.6) is 0 Å². The number of rotatable bonds is 4. The van der Waals surface area contributed by atoms with E-state index in [4.69, 9.17) is 16.3 Å². The van der Waals surface area contributed by atoms with Crippen LogP contribution < -0.4 is 0 Å². The molecule has 0 aliphatic carbocycles. The summed E-state index contributed by atoms with van der Waals surface area (Å²) in [6.07, 6.45) is 0. The summed E-state index contributed by atoms with van der Waals surface area (Å²) in [7, 11) is 0. The molecule has 0 radical (unpaired) electrons. The lowest BCUT2D eigenvalue weighted by Crippen LogP contribution is -2.04. The summed E-state index contributed by atoms with van der Waals surface area (Å²) >= 11 is 6.10. The van der Waals surface area contributed by atoms with Gasteiger partial charge in [0.15, 0.2) is 11.7 Å². The summed E-state index contributed by atoms with van der Waals surface area (Å²) in [6, 6.07) is 14.2. The molecule has 0 atom stereocenters. The molecule has 0 saturated heterocycles. The fraction of sp³-hybridized carbons (Fsp3) is 0.176. The Bertz CT molecular complexity index is 680. The normalized spacial score (nSPS) is 11.3. The van der Waals surface area contributed by atoms with Gasteiger partial charge in [0.25, 0.3) is 0 Å². The highest BCUT2D eigenvalue weighted by Crippen LogP contribution is 2.25. The predicted octanol–water partition coefficient (Wildman–Crippen LogP) is 4.66. The van der Waals surface area contributed by atoms with E-state index < -0.39 is 0 Å². The van der Waals surface area contributed by atoms with Crippen molar-refractivity contribution in [2.24, 2.45) is 4.99 Å². The van der Waals surface area contributed by atoms with E-state index in [-0.39, 0.29) is 5.78 Å². The van der Waals surface area contributed by atoms with Gasteiger partial charge in [0, 0.05) is 18.1 Å². The molecule has 0 amide bonds. The molecule has 0 aliphatic rings. The van der Waals surface area contributed by atoms with Gasteiger partial charge >= 0.3 is 0 Å². The molecule has 0 heterocycles. The van der Waals surface area contributed by atoms with Crippen LogP contribution in [0.15, 0.2) is 53.5 Å². The second-order valence-electron chi connectivity index (χ2n) is 4.39. The number of carbonyl (C=O) groups is 1. The molecule has 0 spiro atoms. The summed E-state index contributed by atoms with van der Waals surface area (Å²) in [5, 5.41) is 0.433. The van der Waals surface area contributed by atoms with Crippen molar-refractivity contribution in [3.63, 3.8) is 0 Å². The number of hydrogen-bond acceptors (Lipinski definition) is 3. The van der Waals surface area contributed by atoms with Crippen molar-refractivity contribution in [1.29, 1.82) is 0 Å². The molecular formula is C17H16ClNO2. The monoisotopic (exact) mass is 301 g/mol. The van der Waals surface area contributed by atoms with Gasteiger partial charge in [-0.2, -0.15) is 0 Å². The fourth-order valence-electron chi connectivity index (χ4n) is 1.96.